The van der Waals surface area contributed by atoms with E-state index in [9.17, 15) is 24.5 Å². The number of carbonyl (C=O) groups is 3. The number of nitrogens with one attached hydrogen (secondary N) is 1. The molecular weight excluding hydrogens is 354 g/mol. The van der Waals surface area contributed by atoms with Crippen molar-refractivity contribution in [1.29, 1.82) is 0 Å². The summed E-state index contributed by atoms with van der Waals surface area (Å²) < 4.78 is 5.31. The van der Waals surface area contributed by atoms with E-state index in [4.69, 9.17) is 4.74 Å². The van der Waals surface area contributed by atoms with E-state index < -0.39 is 29.2 Å². The molecule has 1 saturated heterocycles. The van der Waals surface area contributed by atoms with Crippen molar-refractivity contribution in [2.24, 2.45) is 5.92 Å². The third kappa shape index (κ3) is 4.30. The smallest absolute Gasteiger partial charge is 0.270 e. The Morgan fingerprint density at radius 1 is 1.22 bits per heavy atom. The predicted octanol–water partition coefficient (Wildman–Crippen LogP) is 1.51. The molecule has 1 aromatic carbocycles. The number of nitrogens with zero attached hydrogens (tertiary/aromatic N) is 2. The molecule has 2 aliphatic heterocycles. The van der Waals surface area contributed by atoms with Crippen molar-refractivity contribution in [3.8, 4) is 0 Å². The number of hydrogen-bond donors (Lipinski definition) is 1. The van der Waals surface area contributed by atoms with E-state index in [1.54, 1.807) is 0 Å². The zero-order valence-corrected chi connectivity index (χ0v) is 14.8. The maximum absolute atomic E-state index is 12.3. The number of imide groups is 1. The van der Waals surface area contributed by atoms with Crippen LogP contribution in [-0.2, 0) is 9.53 Å². The van der Waals surface area contributed by atoms with Crippen LogP contribution in [0.15, 0.2) is 18.2 Å². The number of carbonyl (C=O) groups excluding carboxylic acids is 3. The number of hydrogen-bond acceptors (Lipinski definition) is 6. The molecule has 0 aromatic heterocycles. The van der Waals surface area contributed by atoms with Gasteiger partial charge in [-0.25, -0.2) is 0 Å². The second-order valence-corrected chi connectivity index (χ2v) is 6.73. The van der Waals surface area contributed by atoms with Gasteiger partial charge >= 0.3 is 0 Å². The molecule has 2 aliphatic rings. The summed E-state index contributed by atoms with van der Waals surface area (Å²) >= 11 is 0. The molecule has 144 valence electrons. The highest BCUT2D eigenvalue weighted by Crippen LogP contribution is 2.26. The van der Waals surface area contributed by atoms with Gasteiger partial charge in [-0.2, -0.15) is 0 Å². The van der Waals surface area contributed by atoms with Gasteiger partial charge in [-0.1, -0.05) is 0 Å². The predicted molar refractivity (Wildman–Crippen MR) is 94.3 cm³/mol. The first-order valence-electron chi connectivity index (χ1n) is 8.96. The lowest BCUT2D eigenvalue weighted by atomic mass is 9.95. The highest BCUT2D eigenvalue weighted by atomic mass is 16.6. The Bertz CT molecular complexity index is 772. The minimum absolute atomic E-state index is 0.0403. The van der Waals surface area contributed by atoms with Crippen molar-refractivity contribution in [3.63, 3.8) is 0 Å². The lowest BCUT2D eigenvalue weighted by molar-refractivity contribution is -0.384. The van der Waals surface area contributed by atoms with Crippen molar-refractivity contribution >= 4 is 23.4 Å². The van der Waals surface area contributed by atoms with Gasteiger partial charge in [-0.05, 0) is 37.7 Å². The van der Waals surface area contributed by atoms with Gasteiger partial charge in [-0.3, -0.25) is 29.4 Å². The third-order valence-electron chi connectivity index (χ3n) is 4.92. The number of amides is 3. The van der Waals surface area contributed by atoms with Crippen molar-refractivity contribution in [2.45, 2.75) is 25.7 Å². The highest BCUT2D eigenvalue weighted by molar-refractivity contribution is 6.22. The highest BCUT2D eigenvalue weighted by Gasteiger charge is 2.37. The Hall–Kier alpha value is -2.81. The molecule has 0 aliphatic carbocycles. The van der Waals surface area contributed by atoms with Gasteiger partial charge in [0.2, 0.25) is 5.91 Å². The van der Waals surface area contributed by atoms with E-state index in [0.29, 0.717) is 12.5 Å². The van der Waals surface area contributed by atoms with Crippen LogP contribution in [0.4, 0.5) is 5.69 Å². The average Bonchev–Trinajstić information content (AvgIpc) is 2.90. The molecule has 0 bridgehead atoms. The number of benzene rings is 1. The molecule has 1 fully saturated rings. The number of non-ortho nitro benzene ring substituents is 1. The SMILES string of the molecule is O=C(CN1C(=O)c2ccc([N+](=O)[O-])cc2C1=O)NCCCC1CCOCC1. The number of nitro groups is 1. The summed E-state index contributed by atoms with van der Waals surface area (Å²) in [7, 11) is 0. The van der Waals surface area contributed by atoms with Crippen LogP contribution in [0.2, 0.25) is 0 Å². The Labute approximate surface area is 155 Å². The summed E-state index contributed by atoms with van der Waals surface area (Å²) in [6, 6.07) is 3.49. The summed E-state index contributed by atoms with van der Waals surface area (Å²) in [6.07, 6.45) is 3.90. The van der Waals surface area contributed by atoms with Gasteiger partial charge in [-0.15, -0.1) is 0 Å². The molecule has 1 N–H and O–H groups in total. The average molecular weight is 375 g/mol. The van der Waals surface area contributed by atoms with Gasteiger partial charge in [0.1, 0.15) is 6.54 Å². The summed E-state index contributed by atoms with van der Waals surface area (Å²) in [4.78, 5) is 47.8. The van der Waals surface area contributed by atoms with Crippen LogP contribution in [0.25, 0.3) is 0 Å². The molecule has 1 aromatic rings. The Morgan fingerprint density at radius 3 is 2.63 bits per heavy atom. The summed E-state index contributed by atoms with van der Waals surface area (Å²) in [5.74, 6) is -1.10. The number of rotatable bonds is 7. The first kappa shape index (κ1) is 19.0. The van der Waals surface area contributed by atoms with Crippen LogP contribution in [0.5, 0.6) is 0 Å². The summed E-state index contributed by atoms with van der Waals surface area (Å²) in [5, 5.41) is 13.6. The molecule has 0 radical (unpaired) electrons. The fourth-order valence-corrected chi connectivity index (χ4v) is 3.39. The normalized spacial score (nSPS) is 17.1. The molecule has 27 heavy (non-hydrogen) atoms. The van der Waals surface area contributed by atoms with Crippen LogP contribution in [0.1, 0.15) is 46.4 Å². The van der Waals surface area contributed by atoms with Crippen LogP contribution < -0.4 is 5.32 Å². The van der Waals surface area contributed by atoms with Crippen molar-refractivity contribution in [3.05, 3.63) is 39.4 Å². The first-order valence-corrected chi connectivity index (χ1v) is 8.96. The standard InChI is InChI=1S/C18H21N3O6/c22-16(19-7-1-2-12-5-8-27-9-6-12)11-20-17(23)14-4-3-13(21(25)26)10-15(14)18(20)24/h3-4,10,12H,1-2,5-9,11H2,(H,19,22). The van der Waals surface area contributed by atoms with E-state index >= 15 is 0 Å². The number of fused-ring (bicyclic) bond motifs is 1. The second-order valence-electron chi connectivity index (χ2n) is 6.73. The van der Waals surface area contributed by atoms with Crippen LogP contribution in [-0.4, -0.2) is 53.8 Å². The minimum atomic E-state index is -0.684. The number of nitro benzene ring substituents is 1. The molecule has 0 atom stereocenters. The van der Waals surface area contributed by atoms with Crippen LogP contribution in [0.3, 0.4) is 0 Å². The second kappa shape index (κ2) is 8.26. The zero-order valence-electron chi connectivity index (χ0n) is 14.8. The Kier molecular flexibility index (Phi) is 5.80. The third-order valence-corrected chi connectivity index (χ3v) is 4.92. The summed E-state index contributed by atoms with van der Waals surface area (Å²) in [6.45, 7) is 1.66. The quantitative estimate of drug-likeness (QED) is 0.334. The Balaban J connectivity index is 1.50. The number of ether oxygens (including phenoxy) is 1. The van der Waals surface area contributed by atoms with E-state index in [2.05, 4.69) is 5.32 Å². The minimum Gasteiger partial charge on any atom is -0.381 e. The molecule has 0 saturated carbocycles. The monoisotopic (exact) mass is 375 g/mol. The maximum atomic E-state index is 12.3. The van der Waals surface area contributed by atoms with Crippen molar-refractivity contribution < 1.29 is 24.0 Å². The van der Waals surface area contributed by atoms with Crippen molar-refractivity contribution in [2.75, 3.05) is 26.3 Å². The largest absolute Gasteiger partial charge is 0.381 e. The van der Waals surface area contributed by atoms with Gasteiger partial charge in [0.25, 0.3) is 17.5 Å². The molecule has 2 heterocycles. The van der Waals surface area contributed by atoms with E-state index in [0.717, 1.165) is 49.9 Å². The lowest BCUT2D eigenvalue weighted by Crippen LogP contribution is -2.40. The molecular formula is C18H21N3O6. The topological polar surface area (TPSA) is 119 Å². The lowest BCUT2D eigenvalue weighted by Gasteiger charge is -2.21. The van der Waals surface area contributed by atoms with Crippen molar-refractivity contribution in [1.82, 2.24) is 10.2 Å². The molecule has 0 spiro atoms. The van der Waals surface area contributed by atoms with Gasteiger partial charge < -0.3 is 10.1 Å². The maximum Gasteiger partial charge on any atom is 0.270 e. The molecule has 9 nitrogen and oxygen atoms in total. The van der Waals surface area contributed by atoms with Gasteiger partial charge in [0.15, 0.2) is 0 Å². The van der Waals surface area contributed by atoms with E-state index in [-0.39, 0.29) is 16.8 Å². The van der Waals surface area contributed by atoms with Gasteiger partial charge in [0, 0.05) is 31.9 Å². The molecule has 3 amide bonds. The summed E-state index contributed by atoms with van der Waals surface area (Å²) in [5.41, 5.74) is -0.228. The molecule has 0 unspecified atom stereocenters. The first-order chi connectivity index (χ1) is 13.0. The Morgan fingerprint density at radius 2 is 1.93 bits per heavy atom. The molecule has 9 heteroatoms. The zero-order chi connectivity index (χ0) is 19.4. The van der Waals surface area contributed by atoms with Crippen LogP contribution in [0, 0.1) is 16.0 Å². The molecule has 3 rings (SSSR count). The fourth-order valence-electron chi connectivity index (χ4n) is 3.39. The fraction of sp³-hybridized carbons (Fsp3) is 0.500. The van der Waals surface area contributed by atoms with E-state index in [1.165, 1.54) is 12.1 Å². The van der Waals surface area contributed by atoms with Crippen LogP contribution >= 0.6 is 0 Å². The van der Waals surface area contributed by atoms with Gasteiger partial charge in [0.05, 0.1) is 16.1 Å². The van der Waals surface area contributed by atoms with E-state index in [1.807, 2.05) is 0 Å².